The van der Waals surface area contributed by atoms with E-state index in [4.69, 9.17) is 9.84 Å². The van der Waals surface area contributed by atoms with E-state index in [1.807, 2.05) is 6.07 Å². The van der Waals surface area contributed by atoms with E-state index in [0.717, 1.165) is 32.1 Å². The highest BCUT2D eigenvalue weighted by molar-refractivity contribution is 5.97. The molecule has 0 amide bonds. The summed E-state index contributed by atoms with van der Waals surface area (Å²) in [5.41, 5.74) is 0.543. The van der Waals surface area contributed by atoms with Gasteiger partial charge in [-0.1, -0.05) is 56.0 Å². The molecule has 1 aromatic rings. The molecule has 0 fully saturated rings. The maximum Gasteiger partial charge on any atom is 0.306 e. The van der Waals surface area contributed by atoms with Crippen LogP contribution in [0.2, 0.25) is 0 Å². The zero-order valence-electron chi connectivity index (χ0n) is 13.3. The molecule has 0 radical (unpaired) electrons. The first kappa shape index (κ1) is 18.9. The van der Waals surface area contributed by atoms with Gasteiger partial charge in [-0.05, 0) is 12.8 Å². The number of carbonyl (C=O) groups excluding carboxylic acids is 2. The van der Waals surface area contributed by atoms with E-state index in [0.29, 0.717) is 18.4 Å². The molecule has 1 rings (SSSR count). The number of carbonyl (C=O) groups is 3. The van der Waals surface area contributed by atoms with Gasteiger partial charge in [0.15, 0.2) is 12.4 Å². The Labute approximate surface area is 136 Å². The summed E-state index contributed by atoms with van der Waals surface area (Å²) in [6.45, 7) is -0.210. The van der Waals surface area contributed by atoms with Crippen LogP contribution in [-0.2, 0) is 14.3 Å². The van der Waals surface area contributed by atoms with Gasteiger partial charge in [0.1, 0.15) is 0 Å². The van der Waals surface area contributed by atoms with Crippen LogP contribution < -0.4 is 0 Å². The van der Waals surface area contributed by atoms with Gasteiger partial charge in [-0.15, -0.1) is 0 Å². The molecule has 0 saturated heterocycles. The summed E-state index contributed by atoms with van der Waals surface area (Å²) < 4.78 is 4.98. The number of aliphatic carboxylic acids is 1. The third-order valence-electron chi connectivity index (χ3n) is 3.48. The molecule has 0 spiro atoms. The van der Waals surface area contributed by atoms with Crippen LogP contribution in [0.4, 0.5) is 0 Å². The summed E-state index contributed by atoms with van der Waals surface area (Å²) in [4.78, 5) is 33.6. The number of Topliss-reactive ketones (excluding diaryl/α,β-unsaturated/α-hetero) is 1. The molecule has 0 aliphatic heterocycles. The first-order valence-corrected chi connectivity index (χ1v) is 8.05. The van der Waals surface area contributed by atoms with Gasteiger partial charge >= 0.3 is 11.9 Å². The van der Waals surface area contributed by atoms with E-state index in [1.54, 1.807) is 24.3 Å². The Morgan fingerprint density at radius 2 is 1.39 bits per heavy atom. The highest BCUT2D eigenvalue weighted by Crippen LogP contribution is 2.09. The maximum absolute atomic E-state index is 11.8. The number of hydrogen-bond donors (Lipinski definition) is 1. The molecule has 0 unspecified atom stereocenters. The number of unbranched alkanes of at least 4 members (excludes halogenated alkanes) is 5. The van der Waals surface area contributed by atoms with Gasteiger partial charge in [0.25, 0.3) is 0 Å². The lowest BCUT2D eigenvalue weighted by molar-refractivity contribution is -0.142. The van der Waals surface area contributed by atoms with Crippen molar-refractivity contribution in [1.29, 1.82) is 0 Å². The zero-order chi connectivity index (χ0) is 16.9. The minimum Gasteiger partial charge on any atom is -0.481 e. The number of carboxylic acids is 1. The standard InChI is InChI=1S/C18H24O5/c19-16(15-10-6-5-7-11-15)14-23-18(22)13-9-4-2-1-3-8-12-17(20)21/h5-7,10-11H,1-4,8-9,12-14H2,(H,20,21). The Bertz CT molecular complexity index is 495. The highest BCUT2D eigenvalue weighted by atomic mass is 16.5. The molecule has 0 atom stereocenters. The molecule has 23 heavy (non-hydrogen) atoms. The Morgan fingerprint density at radius 1 is 0.826 bits per heavy atom. The van der Waals surface area contributed by atoms with Crippen molar-refractivity contribution in [3.05, 3.63) is 35.9 Å². The van der Waals surface area contributed by atoms with Crippen LogP contribution in [0.3, 0.4) is 0 Å². The quantitative estimate of drug-likeness (QED) is 0.361. The third kappa shape index (κ3) is 9.45. The summed E-state index contributed by atoms with van der Waals surface area (Å²) in [6.07, 6.45) is 5.76. The second kappa shape index (κ2) is 11.4. The van der Waals surface area contributed by atoms with Gasteiger partial charge in [-0.3, -0.25) is 14.4 Å². The van der Waals surface area contributed by atoms with Crippen molar-refractivity contribution in [2.24, 2.45) is 0 Å². The average molecular weight is 320 g/mol. The third-order valence-corrected chi connectivity index (χ3v) is 3.48. The van der Waals surface area contributed by atoms with Gasteiger partial charge in [0.05, 0.1) is 0 Å². The van der Waals surface area contributed by atoms with E-state index < -0.39 is 5.97 Å². The predicted molar refractivity (Wildman–Crippen MR) is 86.3 cm³/mol. The van der Waals surface area contributed by atoms with E-state index in [9.17, 15) is 14.4 Å². The Kier molecular flexibility index (Phi) is 9.36. The molecule has 5 nitrogen and oxygen atoms in total. The molecular formula is C18H24O5. The predicted octanol–water partition coefficient (Wildman–Crippen LogP) is 3.62. The second-order valence-corrected chi connectivity index (χ2v) is 5.46. The Hall–Kier alpha value is -2.17. The first-order chi connectivity index (χ1) is 11.1. The van der Waals surface area contributed by atoms with Gasteiger partial charge < -0.3 is 9.84 Å². The fourth-order valence-electron chi connectivity index (χ4n) is 2.18. The largest absolute Gasteiger partial charge is 0.481 e. The van der Waals surface area contributed by atoms with E-state index in [1.165, 1.54) is 0 Å². The normalized spacial score (nSPS) is 10.3. The number of carboxylic acid groups (broad SMARTS) is 1. The SMILES string of the molecule is O=C(O)CCCCCCCCC(=O)OCC(=O)c1ccccc1. The molecule has 0 aromatic heterocycles. The first-order valence-electron chi connectivity index (χ1n) is 8.05. The van der Waals surface area contributed by atoms with Crippen LogP contribution in [0.15, 0.2) is 30.3 Å². The van der Waals surface area contributed by atoms with Crippen molar-refractivity contribution in [1.82, 2.24) is 0 Å². The smallest absolute Gasteiger partial charge is 0.306 e. The summed E-state index contributed by atoms with van der Waals surface area (Å²) in [5, 5.41) is 8.50. The summed E-state index contributed by atoms with van der Waals surface area (Å²) >= 11 is 0. The average Bonchev–Trinajstić information content (AvgIpc) is 2.55. The van der Waals surface area contributed by atoms with E-state index >= 15 is 0 Å². The highest BCUT2D eigenvalue weighted by Gasteiger charge is 2.09. The van der Waals surface area contributed by atoms with E-state index in [-0.39, 0.29) is 24.8 Å². The molecule has 0 aliphatic rings. The Morgan fingerprint density at radius 3 is 2.00 bits per heavy atom. The van der Waals surface area contributed by atoms with Gasteiger partial charge in [0, 0.05) is 18.4 Å². The monoisotopic (exact) mass is 320 g/mol. The fourth-order valence-corrected chi connectivity index (χ4v) is 2.18. The zero-order valence-corrected chi connectivity index (χ0v) is 13.3. The van der Waals surface area contributed by atoms with Crippen LogP contribution in [0.25, 0.3) is 0 Å². The molecule has 1 aromatic carbocycles. The molecule has 126 valence electrons. The molecular weight excluding hydrogens is 296 g/mol. The van der Waals surface area contributed by atoms with Crippen molar-refractivity contribution in [2.75, 3.05) is 6.61 Å². The summed E-state index contributed by atoms with van der Waals surface area (Å²) in [5.74, 6) is -1.30. The lowest BCUT2D eigenvalue weighted by Crippen LogP contribution is -2.13. The number of rotatable bonds is 12. The van der Waals surface area contributed by atoms with Gasteiger partial charge in [0.2, 0.25) is 0 Å². The molecule has 0 bridgehead atoms. The number of hydrogen-bond acceptors (Lipinski definition) is 4. The molecule has 0 aliphatic carbocycles. The van der Waals surface area contributed by atoms with Crippen LogP contribution in [0.1, 0.15) is 61.7 Å². The molecule has 5 heteroatoms. The summed E-state index contributed by atoms with van der Waals surface area (Å²) in [7, 11) is 0. The van der Waals surface area contributed by atoms with Crippen LogP contribution >= 0.6 is 0 Å². The number of esters is 1. The second-order valence-electron chi connectivity index (χ2n) is 5.46. The number of ketones is 1. The lowest BCUT2D eigenvalue weighted by Gasteiger charge is -2.04. The van der Waals surface area contributed by atoms with Crippen molar-refractivity contribution in [3.8, 4) is 0 Å². The van der Waals surface area contributed by atoms with E-state index in [2.05, 4.69) is 0 Å². The van der Waals surface area contributed by atoms with Crippen LogP contribution in [0, 0.1) is 0 Å². The topological polar surface area (TPSA) is 80.7 Å². The summed E-state index contributed by atoms with van der Waals surface area (Å²) in [6, 6.07) is 8.75. The van der Waals surface area contributed by atoms with Crippen molar-refractivity contribution < 1.29 is 24.2 Å². The minimum atomic E-state index is -0.752. The van der Waals surface area contributed by atoms with Crippen LogP contribution in [-0.4, -0.2) is 29.4 Å². The van der Waals surface area contributed by atoms with Crippen molar-refractivity contribution in [3.63, 3.8) is 0 Å². The number of benzene rings is 1. The van der Waals surface area contributed by atoms with Crippen molar-refractivity contribution >= 4 is 17.7 Å². The van der Waals surface area contributed by atoms with Gasteiger partial charge in [-0.2, -0.15) is 0 Å². The minimum absolute atomic E-state index is 0.197. The van der Waals surface area contributed by atoms with Crippen molar-refractivity contribution in [2.45, 2.75) is 51.4 Å². The van der Waals surface area contributed by atoms with Crippen LogP contribution in [0.5, 0.6) is 0 Å². The Balaban J connectivity index is 2.00. The lowest BCUT2D eigenvalue weighted by atomic mass is 10.1. The molecule has 0 heterocycles. The molecule has 1 N–H and O–H groups in total. The fraction of sp³-hybridized carbons (Fsp3) is 0.500. The maximum atomic E-state index is 11.8. The number of ether oxygens (including phenoxy) is 1. The molecule has 0 saturated carbocycles. The van der Waals surface area contributed by atoms with Gasteiger partial charge in [-0.25, -0.2) is 0 Å².